The molecule has 0 radical (unpaired) electrons. The van der Waals surface area contributed by atoms with Crippen LogP contribution < -0.4 is 34.3 Å². The van der Waals surface area contributed by atoms with Gasteiger partial charge in [-0.3, -0.25) is 0 Å². The Balaban J connectivity index is 0.0000116. The van der Waals surface area contributed by atoms with Gasteiger partial charge < -0.3 is 14.0 Å². The molecule has 0 aliphatic heterocycles. The summed E-state index contributed by atoms with van der Waals surface area (Å²) in [5.74, 6) is -0.630. The number of benzene rings is 1. The van der Waals surface area contributed by atoms with Gasteiger partial charge in [0.2, 0.25) is 0 Å². The molecule has 0 aromatic heterocycles. The molecule has 0 atom stereocenters. The van der Waals surface area contributed by atoms with E-state index in [1.807, 2.05) is 24.3 Å². The molecular weight excluding hydrogens is 475 g/mol. The van der Waals surface area contributed by atoms with Crippen molar-refractivity contribution >= 4 is 22.2 Å². The van der Waals surface area contributed by atoms with Crippen molar-refractivity contribution in [2.75, 3.05) is 19.0 Å². The molecule has 0 N–H and O–H groups in total. The molecule has 0 amide bonds. The van der Waals surface area contributed by atoms with Crippen LogP contribution in [0.1, 0.15) is 102 Å². The fourth-order valence-corrected chi connectivity index (χ4v) is 3.91. The van der Waals surface area contributed by atoms with Crippen molar-refractivity contribution in [3.63, 3.8) is 0 Å². The quantitative estimate of drug-likeness (QED) is 0.0811. The van der Waals surface area contributed by atoms with E-state index in [-0.39, 0.29) is 29.6 Å². The van der Waals surface area contributed by atoms with Crippen molar-refractivity contribution in [3.05, 3.63) is 35.9 Å². The Morgan fingerprint density at radius 3 is 1.77 bits per heavy atom. The van der Waals surface area contributed by atoms with Crippen LogP contribution in [0.25, 0.3) is 6.08 Å². The molecule has 0 bridgehead atoms. The van der Waals surface area contributed by atoms with Crippen LogP contribution >= 0.6 is 0 Å². The van der Waals surface area contributed by atoms with Crippen LogP contribution in [-0.2, 0) is 19.6 Å². The van der Waals surface area contributed by atoms with Gasteiger partial charge in [-0.15, -0.1) is 0 Å². The van der Waals surface area contributed by atoms with Crippen LogP contribution in [0.4, 0.5) is 0 Å². The molecule has 0 saturated carbocycles. The summed E-state index contributed by atoms with van der Waals surface area (Å²) < 4.78 is 41.9. The van der Waals surface area contributed by atoms with Crippen molar-refractivity contribution < 1.29 is 56.8 Å². The summed E-state index contributed by atoms with van der Waals surface area (Å²) in [5.41, 5.74) is 0.789. The first kappa shape index (κ1) is 34.1. The van der Waals surface area contributed by atoms with Gasteiger partial charge in [-0.05, 0) is 30.2 Å². The second-order valence-corrected chi connectivity index (χ2v) is 10.3. The first-order chi connectivity index (χ1) is 16.4. The van der Waals surface area contributed by atoms with Gasteiger partial charge in [0.1, 0.15) is 12.4 Å². The standard InChI is InChI=1S/C27H44O6S.Na/c1-2-3-4-5-6-7-8-9-10-11-12-13-14-15-22-32-26-19-16-25(17-20-26)18-21-27(28)33-23-24-34(29,30)31;/h16-21H,2-15,22-24H2,1H3,(H,29,30,31);/q;+1/p-1/b21-18+;. The van der Waals surface area contributed by atoms with E-state index in [9.17, 15) is 17.8 Å². The molecule has 1 aromatic carbocycles. The number of carbonyl (C=O) groups is 1. The monoisotopic (exact) mass is 518 g/mol. The maximum Gasteiger partial charge on any atom is 1.00 e. The molecule has 0 spiro atoms. The van der Waals surface area contributed by atoms with E-state index in [1.54, 1.807) is 6.08 Å². The molecule has 0 aliphatic rings. The summed E-state index contributed by atoms with van der Waals surface area (Å²) in [5, 5.41) is 0. The summed E-state index contributed by atoms with van der Waals surface area (Å²) in [6, 6.07) is 7.34. The van der Waals surface area contributed by atoms with Crippen molar-refractivity contribution in [2.24, 2.45) is 0 Å². The van der Waals surface area contributed by atoms with E-state index >= 15 is 0 Å². The fourth-order valence-electron chi connectivity index (χ4n) is 3.62. The Kier molecular flexibility index (Phi) is 21.8. The van der Waals surface area contributed by atoms with Crippen molar-refractivity contribution in [1.29, 1.82) is 0 Å². The predicted octanol–water partition coefficient (Wildman–Crippen LogP) is 3.65. The fraction of sp³-hybridized carbons (Fsp3) is 0.667. The second-order valence-electron chi connectivity index (χ2n) is 8.78. The molecule has 0 unspecified atom stereocenters. The molecule has 35 heavy (non-hydrogen) atoms. The third kappa shape index (κ3) is 22.1. The molecular formula is C27H43NaO6S. The first-order valence-corrected chi connectivity index (χ1v) is 14.5. The molecule has 0 saturated heterocycles. The van der Waals surface area contributed by atoms with Crippen LogP contribution in [0.15, 0.2) is 30.3 Å². The van der Waals surface area contributed by atoms with Gasteiger partial charge in [-0.2, -0.15) is 0 Å². The SMILES string of the molecule is CCCCCCCCCCCCCCCCOc1ccc(/C=C/C(=O)OCCS(=O)(=O)[O-])cc1.[Na+]. The number of rotatable bonds is 21. The summed E-state index contributed by atoms with van der Waals surface area (Å²) in [7, 11) is -4.38. The topological polar surface area (TPSA) is 92.7 Å². The van der Waals surface area contributed by atoms with Gasteiger partial charge in [-0.1, -0.05) is 103 Å². The van der Waals surface area contributed by atoms with Crippen LogP contribution in [0.2, 0.25) is 0 Å². The van der Waals surface area contributed by atoms with E-state index in [0.29, 0.717) is 6.61 Å². The van der Waals surface area contributed by atoms with Crippen LogP contribution in [-0.4, -0.2) is 37.9 Å². The van der Waals surface area contributed by atoms with E-state index in [4.69, 9.17) is 4.74 Å². The zero-order valence-electron chi connectivity index (χ0n) is 21.8. The van der Waals surface area contributed by atoms with Gasteiger partial charge in [0.05, 0.1) is 22.5 Å². The van der Waals surface area contributed by atoms with Crippen LogP contribution in [0.3, 0.4) is 0 Å². The van der Waals surface area contributed by atoms with Gasteiger partial charge >= 0.3 is 35.5 Å². The van der Waals surface area contributed by atoms with Gasteiger partial charge in [0.15, 0.2) is 0 Å². The zero-order valence-corrected chi connectivity index (χ0v) is 24.7. The van der Waals surface area contributed by atoms with Crippen molar-refractivity contribution in [1.82, 2.24) is 0 Å². The number of esters is 1. The average Bonchev–Trinajstić information content (AvgIpc) is 2.80. The second kappa shape index (κ2) is 22.3. The first-order valence-electron chi connectivity index (χ1n) is 12.9. The Bertz CT molecular complexity index is 777. The van der Waals surface area contributed by atoms with Crippen molar-refractivity contribution in [3.8, 4) is 5.75 Å². The van der Waals surface area contributed by atoms with Gasteiger partial charge in [0, 0.05) is 6.08 Å². The summed E-state index contributed by atoms with van der Waals surface area (Å²) in [6.45, 7) is 2.52. The number of carbonyl (C=O) groups excluding carboxylic acids is 1. The molecule has 194 valence electrons. The molecule has 6 nitrogen and oxygen atoms in total. The number of ether oxygens (including phenoxy) is 2. The van der Waals surface area contributed by atoms with Crippen LogP contribution in [0, 0.1) is 0 Å². The summed E-state index contributed by atoms with van der Waals surface area (Å²) >= 11 is 0. The van der Waals surface area contributed by atoms with E-state index in [2.05, 4.69) is 11.7 Å². The zero-order chi connectivity index (χ0) is 24.9. The largest absolute Gasteiger partial charge is 1.00 e. The number of hydrogen-bond acceptors (Lipinski definition) is 6. The Hall–Kier alpha value is -0.860. The maximum absolute atomic E-state index is 11.5. The molecule has 1 aromatic rings. The molecule has 8 heteroatoms. The third-order valence-corrected chi connectivity index (χ3v) is 6.30. The predicted molar refractivity (Wildman–Crippen MR) is 137 cm³/mol. The average molecular weight is 519 g/mol. The van der Waals surface area contributed by atoms with Gasteiger partial charge in [-0.25, -0.2) is 13.2 Å². The summed E-state index contributed by atoms with van der Waals surface area (Å²) in [4.78, 5) is 11.5. The molecule has 0 aliphatic carbocycles. The van der Waals surface area contributed by atoms with E-state index < -0.39 is 28.4 Å². The Labute approximate surface area is 235 Å². The minimum absolute atomic E-state index is 0. The smallest absolute Gasteiger partial charge is 0.748 e. The Morgan fingerprint density at radius 2 is 1.29 bits per heavy atom. The summed E-state index contributed by atoms with van der Waals surface area (Å²) in [6.07, 6.45) is 21.4. The van der Waals surface area contributed by atoms with Crippen LogP contribution in [0.5, 0.6) is 5.75 Å². The van der Waals surface area contributed by atoms with E-state index in [0.717, 1.165) is 17.7 Å². The Morgan fingerprint density at radius 1 is 0.800 bits per heavy atom. The minimum atomic E-state index is -4.38. The number of hydrogen-bond donors (Lipinski definition) is 0. The normalized spacial score (nSPS) is 11.4. The number of unbranched alkanes of at least 4 members (excludes halogenated alkanes) is 13. The molecule has 1 rings (SSSR count). The maximum atomic E-state index is 11.5. The minimum Gasteiger partial charge on any atom is -0.748 e. The van der Waals surface area contributed by atoms with E-state index in [1.165, 1.54) is 89.5 Å². The third-order valence-electron chi connectivity index (χ3n) is 5.64. The molecule has 0 heterocycles. The van der Waals surface area contributed by atoms with Gasteiger partial charge in [0.25, 0.3) is 0 Å². The van der Waals surface area contributed by atoms with Crippen molar-refractivity contribution in [2.45, 2.75) is 96.8 Å². The molecule has 0 fully saturated rings.